The Labute approximate surface area is 94.0 Å². The van der Waals surface area contributed by atoms with Crippen LogP contribution in [0.5, 0.6) is 0 Å². The number of aromatic nitrogens is 2. The Morgan fingerprint density at radius 1 is 1.56 bits per heavy atom. The number of carbonyl (C=O) groups excluding carboxylic acids is 1. The Hall–Kier alpha value is -1.56. The van der Waals surface area contributed by atoms with Gasteiger partial charge in [-0.1, -0.05) is 0 Å². The molecule has 1 aromatic rings. The highest BCUT2D eigenvalue weighted by molar-refractivity contribution is 5.76. The van der Waals surface area contributed by atoms with E-state index >= 15 is 0 Å². The predicted octanol–water partition coefficient (Wildman–Crippen LogP) is -0.367. The summed E-state index contributed by atoms with van der Waals surface area (Å²) < 4.78 is 6.77. The molecule has 1 aromatic heterocycles. The van der Waals surface area contributed by atoms with Gasteiger partial charge in [-0.15, -0.1) is 0 Å². The standard InChI is InChI=1S/C10H16N4O2/c1-8-6-14(12-10(8)11)7-9(15)13-2-4-16-5-3-13/h6H,2-5,7H2,1H3,(H2,11,12). The van der Waals surface area contributed by atoms with E-state index in [4.69, 9.17) is 10.5 Å². The molecule has 0 aliphatic carbocycles. The van der Waals surface area contributed by atoms with Gasteiger partial charge in [0.25, 0.3) is 0 Å². The molecule has 0 radical (unpaired) electrons. The number of nitrogens with zero attached hydrogens (tertiary/aromatic N) is 3. The SMILES string of the molecule is Cc1cn(CC(=O)N2CCOCC2)nc1N. The van der Waals surface area contributed by atoms with E-state index in [1.54, 1.807) is 15.8 Å². The van der Waals surface area contributed by atoms with Crippen LogP contribution in [0.25, 0.3) is 0 Å². The number of nitrogen functional groups attached to an aromatic ring is 1. The minimum absolute atomic E-state index is 0.0609. The zero-order valence-corrected chi connectivity index (χ0v) is 9.35. The normalized spacial score (nSPS) is 16.4. The molecule has 2 heterocycles. The van der Waals surface area contributed by atoms with E-state index in [2.05, 4.69) is 5.10 Å². The molecule has 0 atom stereocenters. The molecule has 0 spiro atoms. The first-order chi connectivity index (χ1) is 7.66. The first kappa shape index (κ1) is 10.9. The van der Waals surface area contributed by atoms with Gasteiger partial charge in [0.1, 0.15) is 12.4 Å². The van der Waals surface area contributed by atoms with Crippen molar-refractivity contribution in [3.63, 3.8) is 0 Å². The maximum Gasteiger partial charge on any atom is 0.244 e. The van der Waals surface area contributed by atoms with Crippen LogP contribution in [0.15, 0.2) is 6.20 Å². The van der Waals surface area contributed by atoms with Crippen LogP contribution in [0.3, 0.4) is 0 Å². The summed E-state index contributed by atoms with van der Waals surface area (Å²) in [6.07, 6.45) is 1.79. The first-order valence-electron chi connectivity index (χ1n) is 5.32. The molecule has 0 unspecified atom stereocenters. The molecule has 6 nitrogen and oxygen atoms in total. The van der Waals surface area contributed by atoms with E-state index in [1.165, 1.54) is 0 Å². The topological polar surface area (TPSA) is 73.4 Å². The Morgan fingerprint density at radius 3 is 2.81 bits per heavy atom. The number of morpholine rings is 1. The third-order valence-electron chi connectivity index (χ3n) is 2.64. The maximum atomic E-state index is 11.9. The molecule has 0 saturated carbocycles. The lowest BCUT2D eigenvalue weighted by atomic mass is 10.4. The van der Waals surface area contributed by atoms with E-state index in [1.807, 2.05) is 6.92 Å². The van der Waals surface area contributed by atoms with Gasteiger partial charge in [0.05, 0.1) is 13.2 Å². The fourth-order valence-corrected chi connectivity index (χ4v) is 1.67. The quantitative estimate of drug-likeness (QED) is 0.744. The van der Waals surface area contributed by atoms with Gasteiger partial charge in [-0.25, -0.2) is 0 Å². The molecular weight excluding hydrogens is 208 g/mol. The van der Waals surface area contributed by atoms with Gasteiger partial charge >= 0.3 is 0 Å². The fourth-order valence-electron chi connectivity index (χ4n) is 1.67. The molecule has 1 saturated heterocycles. The van der Waals surface area contributed by atoms with Gasteiger partial charge in [-0.05, 0) is 6.92 Å². The Kier molecular flexibility index (Phi) is 3.09. The van der Waals surface area contributed by atoms with Crippen molar-refractivity contribution in [3.05, 3.63) is 11.8 Å². The lowest BCUT2D eigenvalue weighted by Crippen LogP contribution is -2.42. The van der Waals surface area contributed by atoms with E-state index in [0.717, 1.165) is 5.56 Å². The highest BCUT2D eigenvalue weighted by atomic mass is 16.5. The van der Waals surface area contributed by atoms with Gasteiger partial charge in [-0.2, -0.15) is 5.10 Å². The summed E-state index contributed by atoms with van der Waals surface area (Å²) in [6, 6.07) is 0. The van der Waals surface area contributed by atoms with Gasteiger partial charge in [-0.3, -0.25) is 9.48 Å². The maximum absolute atomic E-state index is 11.9. The van der Waals surface area contributed by atoms with Crippen LogP contribution in [0.1, 0.15) is 5.56 Å². The summed E-state index contributed by atoms with van der Waals surface area (Å²) in [5, 5.41) is 4.06. The van der Waals surface area contributed by atoms with E-state index in [9.17, 15) is 4.79 Å². The second kappa shape index (κ2) is 4.52. The number of rotatable bonds is 2. The number of ether oxygens (including phenoxy) is 1. The summed E-state index contributed by atoms with van der Waals surface area (Å²) in [6.45, 7) is 4.68. The third-order valence-corrected chi connectivity index (χ3v) is 2.64. The van der Waals surface area contributed by atoms with Crippen molar-refractivity contribution >= 4 is 11.7 Å². The molecule has 1 aliphatic rings. The number of hydrogen-bond donors (Lipinski definition) is 1. The Bertz CT molecular complexity index is 363. The van der Waals surface area contributed by atoms with Crippen molar-refractivity contribution < 1.29 is 9.53 Å². The van der Waals surface area contributed by atoms with Crippen LogP contribution >= 0.6 is 0 Å². The van der Waals surface area contributed by atoms with Crippen LogP contribution in [-0.2, 0) is 16.1 Å². The number of carbonyl (C=O) groups is 1. The fraction of sp³-hybridized carbons (Fsp3) is 0.600. The zero-order valence-electron chi connectivity index (χ0n) is 9.35. The van der Waals surface area contributed by atoms with Crippen LogP contribution in [0, 0.1) is 6.92 Å². The summed E-state index contributed by atoms with van der Waals surface area (Å²) >= 11 is 0. The molecule has 2 N–H and O–H groups in total. The minimum Gasteiger partial charge on any atom is -0.382 e. The first-order valence-corrected chi connectivity index (χ1v) is 5.32. The largest absolute Gasteiger partial charge is 0.382 e. The van der Waals surface area contributed by atoms with Crippen molar-refractivity contribution in [2.45, 2.75) is 13.5 Å². The van der Waals surface area contributed by atoms with Crippen molar-refractivity contribution in [1.82, 2.24) is 14.7 Å². The van der Waals surface area contributed by atoms with Gasteiger partial charge < -0.3 is 15.4 Å². The van der Waals surface area contributed by atoms with Crippen molar-refractivity contribution in [1.29, 1.82) is 0 Å². The van der Waals surface area contributed by atoms with Crippen molar-refractivity contribution in [2.24, 2.45) is 0 Å². The van der Waals surface area contributed by atoms with E-state index < -0.39 is 0 Å². The molecular formula is C10H16N4O2. The number of amides is 1. The molecule has 16 heavy (non-hydrogen) atoms. The van der Waals surface area contributed by atoms with Gasteiger partial charge in [0, 0.05) is 24.8 Å². The molecule has 2 rings (SSSR count). The number of aryl methyl sites for hydroxylation is 1. The monoisotopic (exact) mass is 224 g/mol. The summed E-state index contributed by atoms with van der Waals surface area (Å²) in [7, 11) is 0. The molecule has 0 bridgehead atoms. The van der Waals surface area contributed by atoms with E-state index in [-0.39, 0.29) is 12.5 Å². The van der Waals surface area contributed by atoms with Crippen LogP contribution in [0.2, 0.25) is 0 Å². The molecule has 0 aromatic carbocycles. The van der Waals surface area contributed by atoms with Crippen LogP contribution in [0.4, 0.5) is 5.82 Å². The molecule has 88 valence electrons. The average Bonchev–Trinajstić information content (AvgIpc) is 2.59. The zero-order chi connectivity index (χ0) is 11.5. The van der Waals surface area contributed by atoms with E-state index in [0.29, 0.717) is 32.1 Å². The van der Waals surface area contributed by atoms with Gasteiger partial charge in [0.2, 0.25) is 5.91 Å². The highest BCUT2D eigenvalue weighted by Gasteiger charge is 2.17. The summed E-state index contributed by atoms with van der Waals surface area (Å²) in [5.74, 6) is 0.542. The molecule has 1 amide bonds. The number of anilines is 1. The predicted molar refractivity (Wildman–Crippen MR) is 58.8 cm³/mol. The minimum atomic E-state index is 0.0609. The van der Waals surface area contributed by atoms with Crippen LogP contribution in [-0.4, -0.2) is 46.9 Å². The smallest absolute Gasteiger partial charge is 0.244 e. The highest BCUT2D eigenvalue weighted by Crippen LogP contribution is 2.07. The summed E-state index contributed by atoms with van der Waals surface area (Å²) in [4.78, 5) is 13.6. The van der Waals surface area contributed by atoms with Gasteiger partial charge in [0.15, 0.2) is 0 Å². The average molecular weight is 224 g/mol. The summed E-state index contributed by atoms with van der Waals surface area (Å²) in [5.41, 5.74) is 6.52. The van der Waals surface area contributed by atoms with Crippen LogP contribution < -0.4 is 5.73 Å². The second-order valence-electron chi connectivity index (χ2n) is 3.89. The van der Waals surface area contributed by atoms with Crippen molar-refractivity contribution in [3.8, 4) is 0 Å². The third kappa shape index (κ3) is 2.33. The molecule has 6 heteroatoms. The number of nitrogens with two attached hydrogens (primary N) is 1. The lowest BCUT2D eigenvalue weighted by molar-refractivity contribution is -0.136. The molecule has 1 fully saturated rings. The lowest BCUT2D eigenvalue weighted by Gasteiger charge is -2.26. The molecule has 1 aliphatic heterocycles. The Balaban J connectivity index is 1.95. The number of hydrogen-bond acceptors (Lipinski definition) is 4. The Morgan fingerprint density at radius 2 is 2.25 bits per heavy atom. The second-order valence-corrected chi connectivity index (χ2v) is 3.89. The van der Waals surface area contributed by atoms with Crippen molar-refractivity contribution in [2.75, 3.05) is 32.0 Å².